The molecule has 0 amide bonds. The highest BCUT2D eigenvalue weighted by molar-refractivity contribution is 6.54. The minimum absolute atomic E-state index is 0.221. The van der Waals surface area contributed by atoms with Gasteiger partial charge in [0.25, 0.3) is 5.91 Å². The highest BCUT2D eigenvalue weighted by Gasteiger charge is 2.30. The second-order valence-corrected chi connectivity index (χ2v) is 6.12. The summed E-state index contributed by atoms with van der Waals surface area (Å²) in [5, 5.41) is 15.8. The molecule has 0 aliphatic heterocycles. The summed E-state index contributed by atoms with van der Waals surface area (Å²) in [6.07, 6.45) is 0. The van der Waals surface area contributed by atoms with Crippen LogP contribution in [0.4, 0.5) is 0 Å². The number of carboxylic acids is 1. The quantitative estimate of drug-likeness (QED) is 0.504. The van der Waals surface area contributed by atoms with Crippen LogP contribution in [0.5, 0.6) is 0 Å². The normalized spacial score (nSPS) is 11.0. The van der Waals surface area contributed by atoms with Gasteiger partial charge in [0, 0.05) is 0 Å². The molecular weight excluding hydrogens is 400 g/mol. The monoisotopic (exact) mass is 403 g/mol. The molecule has 6 nitrogen and oxygen atoms in total. The van der Waals surface area contributed by atoms with E-state index in [0.29, 0.717) is 11.0 Å². The molecule has 0 atom stereocenters. The smallest absolute Gasteiger partial charge is 0.338 e. The number of benzene rings is 2. The fourth-order valence-electron chi connectivity index (χ4n) is 2.16. The largest absolute Gasteiger partial charge is 0.478 e. The Labute approximate surface area is 154 Å². The zero-order chi connectivity index (χ0) is 17.6. The van der Waals surface area contributed by atoms with Crippen LogP contribution in [0.1, 0.15) is 20.7 Å². The summed E-state index contributed by atoms with van der Waals surface area (Å²) in [6.45, 7) is 0. The summed E-state index contributed by atoms with van der Waals surface area (Å²) in [6, 6.07) is 6.64. The molecule has 0 radical (unpaired) electrons. The van der Waals surface area contributed by atoms with Gasteiger partial charge in [-0.3, -0.25) is 4.79 Å². The highest BCUT2D eigenvalue weighted by atomic mass is 35.5. The molecule has 3 aromatic rings. The summed E-state index contributed by atoms with van der Waals surface area (Å²) in [7, 11) is 0. The molecule has 0 fully saturated rings. The van der Waals surface area contributed by atoms with E-state index in [1.807, 2.05) is 0 Å². The van der Waals surface area contributed by atoms with E-state index in [0.717, 1.165) is 4.68 Å². The Morgan fingerprint density at radius 1 is 0.917 bits per heavy atom. The van der Waals surface area contributed by atoms with E-state index in [-0.39, 0.29) is 20.1 Å². The van der Waals surface area contributed by atoms with Crippen molar-refractivity contribution in [3.8, 4) is 0 Å². The molecule has 0 aliphatic carbocycles. The summed E-state index contributed by atoms with van der Waals surface area (Å²) in [5.41, 5.74) is -0.151. The van der Waals surface area contributed by atoms with Gasteiger partial charge in [-0.2, -0.15) is 4.68 Å². The summed E-state index contributed by atoms with van der Waals surface area (Å²) in [4.78, 5) is 24.4. The molecule has 0 bridgehead atoms. The number of aromatic carboxylic acids is 1. The molecule has 1 aromatic heterocycles. The van der Waals surface area contributed by atoms with Crippen LogP contribution >= 0.6 is 46.4 Å². The van der Waals surface area contributed by atoms with Crippen molar-refractivity contribution in [1.29, 1.82) is 0 Å². The second-order valence-electron chi connectivity index (χ2n) is 4.61. The number of fused-ring (bicyclic) bond motifs is 1. The number of nitrogens with zero attached hydrogens (tertiary/aromatic N) is 3. The van der Waals surface area contributed by atoms with Crippen molar-refractivity contribution in [1.82, 2.24) is 15.0 Å². The number of halogens is 4. The van der Waals surface area contributed by atoms with Crippen molar-refractivity contribution in [2.45, 2.75) is 0 Å². The van der Waals surface area contributed by atoms with Gasteiger partial charge in [0.05, 0.1) is 36.7 Å². The molecular formula is C14H5Cl4N3O3. The van der Waals surface area contributed by atoms with E-state index >= 15 is 0 Å². The third-order valence-corrected chi connectivity index (χ3v) is 5.04. The molecule has 122 valence electrons. The first-order chi connectivity index (χ1) is 11.3. The Morgan fingerprint density at radius 3 is 2.12 bits per heavy atom. The van der Waals surface area contributed by atoms with Gasteiger partial charge in [-0.15, -0.1) is 5.10 Å². The van der Waals surface area contributed by atoms with Crippen molar-refractivity contribution < 1.29 is 14.7 Å². The predicted molar refractivity (Wildman–Crippen MR) is 90.7 cm³/mol. The van der Waals surface area contributed by atoms with Gasteiger partial charge in [-0.1, -0.05) is 63.7 Å². The van der Waals surface area contributed by atoms with Gasteiger partial charge in [-0.25, -0.2) is 4.79 Å². The Bertz CT molecular complexity index is 1020. The number of carbonyl (C=O) groups is 2. The molecule has 1 heterocycles. The maximum atomic E-state index is 12.8. The van der Waals surface area contributed by atoms with Gasteiger partial charge >= 0.3 is 5.97 Å². The van der Waals surface area contributed by atoms with Gasteiger partial charge in [-0.05, 0) is 12.1 Å². The van der Waals surface area contributed by atoms with Crippen LogP contribution in [0.25, 0.3) is 11.0 Å². The molecule has 0 saturated carbocycles. The zero-order valence-electron chi connectivity index (χ0n) is 11.4. The lowest BCUT2D eigenvalue weighted by Crippen LogP contribution is -2.19. The van der Waals surface area contributed by atoms with Crippen molar-refractivity contribution in [2.24, 2.45) is 0 Å². The van der Waals surface area contributed by atoms with E-state index in [9.17, 15) is 14.7 Å². The lowest BCUT2D eigenvalue weighted by atomic mass is 10.1. The molecule has 10 heteroatoms. The topological polar surface area (TPSA) is 85.1 Å². The summed E-state index contributed by atoms with van der Waals surface area (Å²) >= 11 is 23.8. The zero-order valence-corrected chi connectivity index (χ0v) is 14.5. The number of carbonyl (C=O) groups excluding carboxylic acids is 1. The SMILES string of the molecule is O=C(O)c1c(Cl)c(Cl)c(Cl)c(Cl)c1C(=O)n1nnc2ccccc21. The van der Waals surface area contributed by atoms with Crippen LogP contribution in [0.2, 0.25) is 20.1 Å². The van der Waals surface area contributed by atoms with Gasteiger partial charge < -0.3 is 5.11 Å². The van der Waals surface area contributed by atoms with E-state index in [1.54, 1.807) is 24.3 Å². The summed E-state index contributed by atoms with van der Waals surface area (Å²) < 4.78 is 0.920. The molecule has 0 aliphatic rings. The van der Waals surface area contributed by atoms with Crippen LogP contribution in [0, 0.1) is 0 Å². The van der Waals surface area contributed by atoms with Crippen molar-refractivity contribution in [3.05, 3.63) is 55.5 Å². The molecule has 2 aromatic carbocycles. The maximum absolute atomic E-state index is 12.8. The molecule has 0 spiro atoms. The number of hydrogen-bond acceptors (Lipinski definition) is 4. The fourth-order valence-corrected chi connectivity index (χ4v) is 3.17. The first-order valence-corrected chi connectivity index (χ1v) is 7.80. The minimum atomic E-state index is -1.48. The third-order valence-electron chi connectivity index (χ3n) is 3.24. The van der Waals surface area contributed by atoms with Crippen molar-refractivity contribution >= 4 is 69.3 Å². The van der Waals surface area contributed by atoms with Gasteiger partial charge in [0.15, 0.2) is 0 Å². The molecule has 0 unspecified atom stereocenters. The van der Waals surface area contributed by atoms with Crippen LogP contribution in [-0.2, 0) is 0 Å². The Kier molecular flexibility index (Phi) is 4.40. The molecule has 24 heavy (non-hydrogen) atoms. The van der Waals surface area contributed by atoms with Gasteiger partial charge in [0.2, 0.25) is 0 Å². The van der Waals surface area contributed by atoms with E-state index in [4.69, 9.17) is 46.4 Å². The van der Waals surface area contributed by atoms with Crippen LogP contribution in [0.3, 0.4) is 0 Å². The van der Waals surface area contributed by atoms with Crippen LogP contribution in [-0.4, -0.2) is 32.0 Å². The average Bonchev–Trinajstić information content (AvgIpc) is 2.99. The second kappa shape index (κ2) is 6.22. The van der Waals surface area contributed by atoms with Crippen molar-refractivity contribution in [2.75, 3.05) is 0 Å². The first-order valence-electron chi connectivity index (χ1n) is 6.29. The Hall–Kier alpha value is -1.86. The number of carboxylic acid groups (broad SMARTS) is 1. The predicted octanol–water partition coefficient (Wildman–Crippen LogP) is 4.43. The third kappa shape index (κ3) is 2.52. The Morgan fingerprint density at radius 2 is 1.50 bits per heavy atom. The van der Waals surface area contributed by atoms with Crippen molar-refractivity contribution in [3.63, 3.8) is 0 Å². The molecule has 0 saturated heterocycles. The number of rotatable bonds is 2. The molecule has 3 rings (SSSR count). The number of para-hydroxylation sites is 1. The van der Waals surface area contributed by atoms with Crippen LogP contribution in [0.15, 0.2) is 24.3 Å². The van der Waals surface area contributed by atoms with Crippen LogP contribution < -0.4 is 0 Å². The number of hydrogen-bond donors (Lipinski definition) is 1. The molecule has 1 N–H and O–H groups in total. The Balaban J connectivity index is 2.33. The maximum Gasteiger partial charge on any atom is 0.338 e. The average molecular weight is 405 g/mol. The van der Waals surface area contributed by atoms with E-state index < -0.39 is 23.0 Å². The summed E-state index contributed by atoms with van der Waals surface area (Å²) in [5.74, 6) is -2.32. The standard InChI is InChI=1S/C14H5Cl4N3O3/c15-9-7(8(14(23)24)10(16)12(18)11(9)17)13(22)21-6-4-2-1-3-5(6)19-20-21/h1-4H,(H,23,24). The van der Waals surface area contributed by atoms with E-state index in [1.165, 1.54) is 0 Å². The van der Waals surface area contributed by atoms with Gasteiger partial charge in [0.1, 0.15) is 5.52 Å². The minimum Gasteiger partial charge on any atom is -0.478 e. The lowest BCUT2D eigenvalue weighted by molar-refractivity contribution is 0.0691. The fraction of sp³-hybridized carbons (Fsp3) is 0. The highest BCUT2D eigenvalue weighted by Crippen LogP contribution is 2.42. The first kappa shape index (κ1) is 17.0. The van der Waals surface area contributed by atoms with E-state index in [2.05, 4.69) is 10.3 Å². The number of aromatic nitrogens is 3. The lowest BCUT2D eigenvalue weighted by Gasteiger charge is -2.12.